The van der Waals surface area contributed by atoms with Gasteiger partial charge in [-0.1, -0.05) is 0 Å². The number of ether oxygens (including phenoxy) is 1. The predicted molar refractivity (Wildman–Crippen MR) is 31.7 cm³/mol. The van der Waals surface area contributed by atoms with E-state index in [1.54, 1.807) is 0 Å². The zero-order chi connectivity index (χ0) is 6.04. The van der Waals surface area contributed by atoms with Gasteiger partial charge in [-0.2, -0.15) is 0 Å². The van der Waals surface area contributed by atoms with Crippen LogP contribution in [0.4, 0.5) is 0 Å². The van der Waals surface area contributed by atoms with Gasteiger partial charge >= 0.3 is 0 Å². The van der Waals surface area contributed by atoms with Crippen molar-refractivity contribution in [1.29, 1.82) is 0 Å². The van der Waals surface area contributed by atoms with Crippen molar-refractivity contribution < 1.29 is 10.1 Å². The lowest BCUT2D eigenvalue weighted by atomic mass is 10.1. The normalized spacial score (nSPS) is 27.8. The minimum atomic E-state index is 0.123. The molecule has 0 bridgehead atoms. The number of hydrogen-bond acceptors (Lipinski definition) is 1. The van der Waals surface area contributed by atoms with Crippen LogP contribution in [0.25, 0.3) is 0 Å². The van der Waals surface area contributed by atoms with Crippen LogP contribution in [-0.2, 0) is 4.74 Å². The van der Waals surface area contributed by atoms with Gasteiger partial charge in [0.1, 0.15) is 12.1 Å². The maximum absolute atomic E-state index is 5.43. The fourth-order valence-corrected chi connectivity index (χ4v) is 0.927. The Labute approximate surface area is 50.2 Å². The molecule has 0 aromatic heterocycles. The van der Waals surface area contributed by atoms with E-state index in [0.29, 0.717) is 0 Å². The van der Waals surface area contributed by atoms with Gasteiger partial charge in [0.25, 0.3) is 0 Å². The van der Waals surface area contributed by atoms with E-state index in [1.807, 2.05) is 0 Å². The number of hydrogen-bond donors (Lipinski definition) is 1. The molecule has 2 nitrogen and oxygen atoms in total. The van der Waals surface area contributed by atoms with Crippen molar-refractivity contribution in [3.8, 4) is 0 Å². The highest BCUT2D eigenvalue weighted by Gasteiger charge is 2.23. The molecule has 0 saturated carbocycles. The van der Waals surface area contributed by atoms with Gasteiger partial charge in [0.2, 0.25) is 0 Å². The van der Waals surface area contributed by atoms with Gasteiger partial charge in [-0.15, -0.1) is 0 Å². The molecule has 0 unspecified atom stereocenters. The lowest BCUT2D eigenvalue weighted by Gasteiger charge is -2.27. The average Bonchev–Trinajstić information content (AvgIpc) is 1.65. The highest BCUT2D eigenvalue weighted by molar-refractivity contribution is 4.66. The minimum absolute atomic E-state index is 0.123. The van der Waals surface area contributed by atoms with Crippen LogP contribution in [0.2, 0.25) is 0 Å². The van der Waals surface area contributed by atoms with Crippen LogP contribution in [0.5, 0.6) is 0 Å². The van der Waals surface area contributed by atoms with E-state index in [-0.39, 0.29) is 5.60 Å². The second kappa shape index (κ2) is 2.03. The van der Waals surface area contributed by atoms with E-state index in [9.17, 15) is 0 Å². The van der Waals surface area contributed by atoms with Crippen molar-refractivity contribution in [3.05, 3.63) is 0 Å². The van der Waals surface area contributed by atoms with Crippen LogP contribution in [-0.4, -0.2) is 25.3 Å². The van der Waals surface area contributed by atoms with Gasteiger partial charge in [0.15, 0.2) is 0 Å². The van der Waals surface area contributed by atoms with Gasteiger partial charge < -0.3 is 10.1 Å². The summed E-state index contributed by atoms with van der Waals surface area (Å²) >= 11 is 0. The SMILES string of the molecule is CC1(C)C[NH2+]CCO1. The molecule has 1 saturated heterocycles. The molecule has 0 aromatic carbocycles. The first-order chi connectivity index (χ1) is 3.71. The molecular weight excluding hydrogens is 102 g/mol. The molecule has 0 aliphatic carbocycles. The topological polar surface area (TPSA) is 25.8 Å². The summed E-state index contributed by atoms with van der Waals surface area (Å²) in [5.74, 6) is 0. The molecule has 1 aliphatic rings. The number of morpholine rings is 1. The monoisotopic (exact) mass is 116 g/mol. The molecule has 2 heteroatoms. The highest BCUT2D eigenvalue weighted by atomic mass is 16.5. The summed E-state index contributed by atoms with van der Waals surface area (Å²) in [7, 11) is 0. The minimum Gasteiger partial charge on any atom is -0.364 e. The van der Waals surface area contributed by atoms with E-state index < -0.39 is 0 Å². The third kappa shape index (κ3) is 1.46. The van der Waals surface area contributed by atoms with Crippen LogP contribution in [0.3, 0.4) is 0 Å². The summed E-state index contributed by atoms with van der Waals surface area (Å²) in [6.45, 7) is 7.40. The molecule has 0 radical (unpaired) electrons. The van der Waals surface area contributed by atoms with Crippen molar-refractivity contribution in [2.45, 2.75) is 19.4 Å². The van der Waals surface area contributed by atoms with E-state index in [4.69, 9.17) is 4.74 Å². The maximum Gasteiger partial charge on any atom is 0.111 e. The van der Waals surface area contributed by atoms with E-state index in [2.05, 4.69) is 19.2 Å². The van der Waals surface area contributed by atoms with Crippen LogP contribution in [0.1, 0.15) is 13.8 Å². The lowest BCUT2D eigenvalue weighted by molar-refractivity contribution is -0.684. The Morgan fingerprint density at radius 2 is 2.25 bits per heavy atom. The van der Waals surface area contributed by atoms with Crippen molar-refractivity contribution in [1.82, 2.24) is 0 Å². The standard InChI is InChI=1S/C6H13NO/c1-6(2)5-7-3-4-8-6/h7H,3-5H2,1-2H3/p+1. The van der Waals surface area contributed by atoms with Gasteiger partial charge in [-0.05, 0) is 13.8 Å². The number of rotatable bonds is 0. The number of nitrogens with two attached hydrogens (primary N) is 1. The van der Waals surface area contributed by atoms with Crippen LogP contribution < -0.4 is 5.32 Å². The Kier molecular flexibility index (Phi) is 1.54. The lowest BCUT2D eigenvalue weighted by Crippen LogP contribution is -2.91. The summed E-state index contributed by atoms with van der Waals surface area (Å²) < 4.78 is 5.43. The fourth-order valence-electron chi connectivity index (χ4n) is 0.927. The summed E-state index contributed by atoms with van der Waals surface area (Å²) in [5.41, 5.74) is 0.123. The third-order valence-corrected chi connectivity index (χ3v) is 1.45. The second-order valence-electron chi connectivity index (χ2n) is 2.89. The summed E-state index contributed by atoms with van der Waals surface area (Å²) in [6.07, 6.45) is 0. The predicted octanol–water partition coefficient (Wildman–Crippen LogP) is -0.641. The van der Waals surface area contributed by atoms with Crippen LogP contribution in [0.15, 0.2) is 0 Å². The molecule has 2 N–H and O–H groups in total. The van der Waals surface area contributed by atoms with Gasteiger partial charge in [0, 0.05) is 0 Å². The smallest absolute Gasteiger partial charge is 0.111 e. The summed E-state index contributed by atoms with van der Waals surface area (Å²) in [6, 6.07) is 0. The summed E-state index contributed by atoms with van der Waals surface area (Å²) in [4.78, 5) is 0. The molecule has 8 heavy (non-hydrogen) atoms. The van der Waals surface area contributed by atoms with Crippen molar-refractivity contribution >= 4 is 0 Å². The Morgan fingerprint density at radius 3 is 2.50 bits per heavy atom. The molecule has 0 amide bonds. The van der Waals surface area contributed by atoms with E-state index in [0.717, 1.165) is 19.7 Å². The summed E-state index contributed by atoms with van der Waals surface area (Å²) in [5, 5.41) is 2.30. The van der Waals surface area contributed by atoms with Crippen molar-refractivity contribution in [2.24, 2.45) is 0 Å². The molecular formula is C6H14NO+. The zero-order valence-electron chi connectivity index (χ0n) is 5.61. The first-order valence-corrected chi connectivity index (χ1v) is 3.16. The zero-order valence-corrected chi connectivity index (χ0v) is 5.61. The Hall–Kier alpha value is -0.0800. The van der Waals surface area contributed by atoms with E-state index >= 15 is 0 Å². The molecule has 0 aromatic rings. The van der Waals surface area contributed by atoms with Gasteiger partial charge in [0.05, 0.1) is 13.2 Å². The molecule has 48 valence electrons. The van der Waals surface area contributed by atoms with Crippen molar-refractivity contribution in [3.63, 3.8) is 0 Å². The molecule has 1 rings (SSSR count). The second-order valence-corrected chi connectivity index (χ2v) is 2.89. The first-order valence-electron chi connectivity index (χ1n) is 3.16. The Bertz CT molecular complexity index is 72.6. The van der Waals surface area contributed by atoms with Crippen LogP contribution in [0, 0.1) is 0 Å². The van der Waals surface area contributed by atoms with Crippen LogP contribution >= 0.6 is 0 Å². The molecule has 0 spiro atoms. The average molecular weight is 116 g/mol. The maximum atomic E-state index is 5.43. The quantitative estimate of drug-likeness (QED) is 0.447. The molecule has 1 fully saturated rings. The molecule has 1 aliphatic heterocycles. The molecule has 0 atom stereocenters. The van der Waals surface area contributed by atoms with Gasteiger partial charge in [-0.3, -0.25) is 0 Å². The Morgan fingerprint density at radius 1 is 1.50 bits per heavy atom. The number of quaternary nitrogens is 1. The fraction of sp³-hybridized carbons (Fsp3) is 1.00. The highest BCUT2D eigenvalue weighted by Crippen LogP contribution is 2.05. The van der Waals surface area contributed by atoms with E-state index in [1.165, 1.54) is 0 Å². The Balaban J connectivity index is 2.33. The van der Waals surface area contributed by atoms with Gasteiger partial charge in [-0.25, -0.2) is 0 Å². The molecule has 1 heterocycles. The largest absolute Gasteiger partial charge is 0.364 e. The third-order valence-electron chi connectivity index (χ3n) is 1.45. The first kappa shape index (κ1) is 6.05. The van der Waals surface area contributed by atoms with Crippen molar-refractivity contribution in [2.75, 3.05) is 19.7 Å².